The van der Waals surface area contributed by atoms with Gasteiger partial charge < -0.3 is 0 Å². The number of hydrogen-bond acceptors (Lipinski definition) is 0. The molecule has 0 aromatic heterocycles. The van der Waals surface area contributed by atoms with Gasteiger partial charge in [0.05, 0.1) is 0 Å². The lowest BCUT2D eigenvalue weighted by atomic mass is 9.98. The molecule has 3 aromatic rings. The standard InChI is InChI=1S/C16H11.2CH3.Al/c1-2-7-13(8-3-1)16-12-6-10-14-9-4-5-11-15(14)16;;;/h1-8,10-12H;2*1H3;. The van der Waals surface area contributed by atoms with Gasteiger partial charge in [0.15, 0.2) is 0 Å². The normalized spacial score (nSPS) is 10.6. The second kappa shape index (κ2) is 5.21. The second-order valence-electron chi connectivity index (χ2n) is 5.27. The van der Waals surface area contributed by atoms with Crippen LogP contribution in [0.2, 0.25) is 11.6 Å². The molecule has 0 radical (unpaired) electrons. The van der Waals surface area contributed by atoms with Crippen molar-refractivity contribution < 1.29 is 0 Å². The van der Waals surface area contributed by atoms with Crippen LogP contribution in [0.5, 0.6) is 0 Å². The molecule has 0 heterocycles. The van der Waals surface area contributed by atoms with E-state index < -0.39 is 14.1 Å². The van der Waals surface area contributed by atoms with Crippen molar-refractivity contribution >= 4 is 29.3 Å². The van der Waals surface area contributed by atoms with Crippen molar-refractivity contribution in [1.82, 2.24) is 0 Å². The van der Waals surface area contributed by atoms with Gasteiger partial charge in [0.1, 0.15) is 0 Å². The zero-order valence-corrected chi connectivity index (χ0v) is 12.6. The fourth-order valence-electron chi connectivity index (χ4n) is 2.71. The smallest absolute Gasteiger partial charge is 0.103 e. The van der Waals surface area contributed by atoms with Crippen LogP contribution in [0.3, 0.4) is 0 Å². The van der Waals surface area contributed by atoms with Crippen molar-refractivity contribution in [2.24, 2.45) is 0 Å². The minimum absolute atomic E-state index is 0.794. The summed E-state index contributed by atoms with van der Waals surface area (Å²) in [6.45, 7) is 0. The van der Waals surface area contributed by atoms with Gasteiger partial charge in [0.25, 0.3) is 14.1 Å². The maximum atomic E-state index is 2.39. The average molecular weight is 260 g/mol. The van der Waals surface area contributed by atoms with Crippen LogP contribution in [0, 0.1) is 0 Å². The van der Waals surface area contributed by atoms with Crippen LogP contribution in [0.4, 0.5) is 0 Å². The van der Waals surface area contributed by atoms with Crippen LogP contribution >= 0.6 is 0 Å². The quantitative estimate of drug-likeness (QED) is 0.596. The number of benzene rings is 3. The van der Waals surface area contributed by atoms with Crippen molar-refractivity contribution in [2.45, 2.75) is 11.6 Å². The predicted octanol–water partition coefficient (Wildman–Crippen LogP) is 4.47. The molecule has 0 amide bonds. The molecule has 0 bridgehead atoms. The van der Waals surface area contributed by atoms with Gasteiger partial charge in [0, 0.05) is 0 Å². The maximum absolute atomic E-state index is 2.39. The topological polar surface area (TPSA) is 0 Å². The molecule has 0 aliphatic rings. The van der Waals surface area contributed by atoms with E-state index in [0.29, 0.717) is 0 Å². The minimum Gasteiger partial charge on any atom is -0.103 e. The van der Waals surface area contributed by atoms with Crippen LogP contribution in [-0.4, -0.2) is 14.1 Å². The molecule has 0 fully saturated rings. The Morgan fingerprint density at radius 3 is 2.05 bits per heavy atom. The first-order valence-electron chi connectivity index (χ1n) is 6.84. The predicted molar refractivity (Wildman–Crippen MR) is 86.5 cm³/mol. The van der Waals surface area contributed by atoms with Gasteiger partial charge in [-0.25, -0.2) is 0 Å². The molecule has 19 heavy (non-hydrogen) atoms. The summed E-state index contributed by atoms with van der Waals surface area (Å²) in [4.78, 5) is 0. The molecular weight excluding hydrogens is 243 g/mol. The molecule has 0 unspecified atom stereocenters. The summed E-state index contributed by atoms with van der Waals surface area (Å²) < 4.78 is 1.57. The largest absolute Gasteiger partial charge is 0.300 e. The van der Waals surface area contributed by atoms with Crippen molar-refractivity contribution in [3.05, 3.63) is 66.7 Å². The Balaban J connectivity index is 2.31. The zero-order valence-electron chi connectivity index (χ0n) is 11.4. The molecule has 0 aliphatic carbocycles. The molecule has 0 nitrogen and oxygen atoms in total. The maximum Gasteiger partial charge on any atom is 0.300 e. The molecule has 0 saturated heterocycles. The highest BCUT2D eigenvalue weighted by Crippen LogP contribution is 2.27. The van der Waals surface area contributed by atoms with E-state index >= 15 is 0 Å². The van der Waals surface area contributed by atoms with Crippen LogP contribution in [-0.2, 0) is 0 Å². The Bertz CT molecular complexity index is 699. The molecule has 0 spiro atoms. The van der Waals surface area contributed by atoms with Gasteiger partial charge in [0.2, 0.25) is 0 Å². The summed E-state index contributed by atoms with van der Waals surface area (Å²) in [5.41, 5.74) is 2.64. The van der Waals surface area contributed by atoms with Crippen molar-refractivity contribution in [3.8, 4) is 11.1 Å². The summed E-state index contributed by atoms with van der Waals surface area (Å²) in [7, 11) is 0. The first-order chi connectivity index (χ1) is 9.27. The van der Waals surface area contributed by atoms with Crippen molar-refractivity contribution in [3.63, 3.8) is 0 Å². The monoisotopic (exact) mass is 260 g/mol. The molecule has 0 N–H and O–H groups in total. The highest BCUT2D eigenvalue weighted by Gasteiger charge is 2.11. The highest BCUT2D eigenvalue weighted by molar-refractivity contribution is 6.73. The SMILES string of the molecule is [CH3][Al]([CH3])[c]1cccc2c(-c3ccccc3)cccc12. The van der Waals surface area contributed by atoms with Crippen LogP contribution in [0.15, 0.2) is 66.7 Å². The molecule has 3 aromatic carbocycles. The first kappa shape index (κ1) is 12.5. The molecule has 0 saturated carbocycles. The zero-order chi connectivity index (χ0) is 13.2. The van der Waals surface area contributed by atoms with Gasteiger partial charge in [-0.05, 0) is 21.9 Å². The molecule has 0 atom stereocenters. The second-order valence-corrected chi connectivity index (χ2v) is 8.20. The molecule has 0 aliphatic heterocycles. The van der Waals surface area contributed by atoms with Gasteiger partial charge in [-0.2, -0.15) is 0 Å². The van der Waals surface area contributed by atoms with Crippen molar-refractivity contribution in [1.29, 1.82) is 0 Å². The van der Waals surface area contributed by atoms with Crippen LogP contribution in [0.1, 0.15) is 0 Å². The highest BCUT2D eigenvalue weighted by atomic mass is 27.2. The molecule has 3 rings (SSSR count). The third kappa shape index (κ3) is 2.32. The van der Waals surface area contributed by atoms with Crippen LogP contribution < -0.4 is 4.43 Å². The summed E-state index contributed by atoms with van der Waals surface area (Å²) >= 11 is -0.794. The first-order valence-corrected chi connectivity index (χ1v) is 9.73. The summed E-state index contributed by atoms with van der Waals surface area (Å²) in [5, 5.41) is 2.82. The Morgan fingerprint density at radius 1 is 0.632 bits per heavy atom. The van der Waals surface area contributed by atoms with E-state index in [4.69, 9.17) is 0 Å². The Hall–Kier alpha value is -1.55. The Morgan fingerprint density at radius 2 is 1.32 bits per heavy atom. The summed E-state index contributed by atoms with van der Waals surface area (Å²) in [6.07, 6.45) is 0. The van der Waals surface area contributed by atoms with E-state index in [2.05, 4.69) is 78.3 Å². The van der Waals surface area contributed by atoms with E-state index in [1.807, 2.05) is 0 Å². The van der Waals surface area contributed by atoms with E-state index in [0.717, 1.165) is 0 Å². The van der Waals surface area contributed by atoms with Gasteiger partial charge in [-0.3, -0.25) is 0 Å². The third-order valence-corrected chi connectivity index (χ3v) is 5.41. The molecular formula is C18H17Al. The van der Waals surface area contributed by atoms with E-state index in [9.17, 15) is 0 Å². The van der Waals surface area contributed by atoms with E-state index in [1.165, 1.54) is 21.9 Å². The Labute approximate surface area is 119 Å². The third-order valence-electron chi connectivity index (χ3n) is 3.66. The van der Waals surface area contributed by atoms with E-state index in [1.54, 1.807) is 4.43 Å². The lowest BCUT2D eigenvalue weighted by molar-refractivity contribution is 1.65. The Kier molecular flexibility index (Phi) is 3.43. The fraction of sp³-hybridized carbons (Fsp3) is 0.111. The van der Waals surface area contributed by atoms with Gasteiger partial charge >= 0.3 is 0 Å². The minimum atomic E-state index is -0.794. The number of fused-ring (bicyclic) bond motifs is 1. The number of hydrogen-bond donors (Lipinski definition) is 0. The summed E-state index contributed by atoms with van der Waals surface area (Å²) in [5.74, 6) is 4.79. The van der Waals surface area contributed by atoms with Crippen molar-refractivity contribution in [2.75, 3.05) is 0 Å². The molecule has 92 valence electrons. The van der Waals surface area contributed by atoms with Crippen LogP contribution in [0.25, 0.3) is 21.9 Å². The van der Waals surface area contributed by atoms with Gasteiger partial charge in [-0.1, -0.05) is 66.7 Å². The lowest BCUT2D eigenvalue weighted by Crippen LogP contribution is -2.23. The average Bonchev–Trinajstić information content (AvgIpc) is 2.46. The number of rotatable bonds is 2. The molecule has 1 heteroatoms. The summed E-state index contributed by atoms with van der Waals surface area (Å²) in [6, 6.07) is 24.1. The van der Waals surface area contributed by atoms with E-state index in [-0.39, 0.29) is 0 Å². The van der Waals surface area contributed by atoms with Gasteiger partial charge in [-0.15, -0.1) is 16.0 Å². The fourth-order valence-corrected chi connectivity index (χ4v) is 4.08. The lowest BCUT2D eigenvalue weighted by Gasteiger charge is -2.11.